The molecule has 0 radical (unpaired) electrons. The maximum Gasteiger partial charge on any atom is 0.143 e. The van der Waals surface area contributed by atoms with E-state index in [0.717, 1.165) is 22.9 Å². The van der Waals surface area contributed by atoms with Crippen LogP contribution in [0.4, 0.5) is 0 Å². The average Bonchev–Trinajstić information content (AvgIpc) is 2.84. The predicted molar refractivity (Wildman–Crippen MR) is 58.8 cm³/mol. The fraction of sp³-hybridized carbons (Fsp3) is 0.400. The molecular weight excluding hydrogens is 267 g/mol. The van der Waals surface area contributed by atoms with Crippen LogP contribution < -0.4 is 4.74 Å². The number of aliphatic hydroxyl groups is 1. The highest BCUT2D eigenvalue weighted by Crippen LogP contribution is 2.51. The fourth-order valence-corrected chi connectivity index (χ4v) is 2.39. The third kappa shape index (κ3) is 1.64. The van der Waals surface area contributed by atoms with Crippen LogP contribution in [0.15, 0.2) is 16.6 Å². The minimum atomic E-state index is -0.723. The van der Waals surface area contributed by atoms with Gasteiger partial charge >= 0.3 is 0 Å². The van der Waals surface area contributed by atoms with Crippen LogP contribution in [0, 0.1) is 0 Å². The molecule has 1 fully saturated rings. The summed E-state index contributed by atoms with van der Waals surface area (Å²) in [5.41, 5.74) is 0.0538. The van der Waals surface area contributed by atoms with Crippen LogP contribution in [0.2, 0.25) is 5.02 Å². The number of hydrogen-bond acceptors (Lipinski definition) is 2. The second kappa shape index (κ2) is 3.40. The van der Waals surface area contributed by atoms with Gasteiger partial charge in [0.2, 0.25) is 0 Å². The van der Waals surface area contributed by atoms with Crippen LogP contribution in [-0.2, 0) is 5.60 Å². The summed E-state index contributed by atoms with van der Waals surface area (Å²) >= 11 is 9.35. The Labute approximate surface area is 96.0 Å². The van der Waals surface area contributed by atoms with Crippen molar-refractivity contribution in [2.24, 2.45) is 0 Å². The van der Waals surface area contributed by atoms with Crippen LogP contribution in [0.5, 0.6) is 5.75 Å². The van der Waals surface area contributed by atoms with Gasteiger partial charge in [0.25, 0.3) is 0 Å². The van der Waals surface area contributed by atoms with Gasteiger partial charge in [-0.05, 0) is 25.0 Å². The first-order chi connectivity index (χ1) is 6.57. The van der Waals surface area contributed by atoms with Gasteiger partial charge in [0.15, 0.2) is 0 Å². The molecule has 4 heteroatoms. The second-order valence-electron chi connectivity index (χ2n) is 3.50. The molecule has 0 atom stereocenters. The van der Waals surface area contributed by atoms with E-state index in [1.54, 1.807) is 13.2 Å². The molecule has 1 aromatic rings. The zero-order valence-corrected chi connectivity index (χ0v) is 10.0. The van der Waals surface area contributed by atoms with Gasteiger partial charge in [-0.1, -0.05) is 27.5 Å². The van der Waals surface area contributed by atoms with Gasteiger partial charge in [-0.15, -0.1) is 0 Å². The van der Waals surface area contributed by atoms with E-state index in [2.05, 4.69) is 15.9 Å². The van der Waals surface area contributed by atoms with Crippen molar-refractivity contribution in [3.63, 3.8) is 0 Å². The Morgan fingerprint density at radius 3 is 2.64 bits per heavy atom. The number of hydrogen-bond donors (Lipinski definition) is 1. The summed E-state index contributed by atoms with van der Waals surface area (Å²) in [6.45, 7) is 0. The molecule has 0 amide bonds. The molecule has 1 aliphatic carbocycles. The molecule has 0 spiro atoms. The van der Waals surface area contributed by atoms with Gasteiger partial charge in [0.1, 0.15) is 5.75 Å². The molecule has 0 heterocycles. The predicted octanol–water partition coefficient (Wildman–Crippen LogP) is 3.09. The van der Waals surface area contributed by atoms with Crippen molar-refractivity contribution in [1.29, 1.82) is 0 Å². The number of benzene rings is 1. The van der Waals surface area contributed by atoms with E-state index in [4.69, 9.17) is 16.3 Å². The minimum absolute atomic E-state index is 0.525. The molecule has 0 bridgehead atoms. The lowest BCUT2D eigenvalue weighted by Gasteiger charge is -2.15. The van der Waals surface area contributed by atoms with Crippen molar-refractivity contribution in [3.05, 3.63) is 27.2 Å². The molecule has 1 saturated carbocycles. The van der Waals surface area contributed by atoms with E-state index in [9.17, 15) is 5.11 Å². The van der Waals surface area contributed by atoms with E-state index >= 15 is 0 Å². The highest BCUT2D eigenvalue weighted by molar-refractivity contribution is 9.10. The largest absolute Gasteiger partial charge is 0.495 e. The highest BCUT2D eigenvalue weighted by Gasteiger charge is 2.44. The molecule has 0 unspecified atom stereocenters. The first-order valence-electron chi connectivity index (χ1n) is 4.33. The number of rotatable bonds is 2. The Hall–Kier alpha value is -0.250. The third-order valence-electron chi connectivity index (χ3n) is 2.44. The van der Waals surface area contributed by atoms with Crippen molar-refractivity contribution in [2.45, 2.75) is 18.4 Å². The minimum Gasteiger partial charge on any atom is -0.495 e. The van der Waals surface area contributed by atoms with Gasteiger partial charge in [0.05, 0.1) is 17.7 Å². The Kier molecular flexibility index (Phi) is 2.50. The van der Waals surface area contributed by atoms with E-state index in [-0.39, 0.29) is 0 Å². The van der Waals surface area contributed by atoms with Crippen LogP contribution >= 0.6 is 27.5 Å². The molecule has 1 aliphatic rings. The summed E-state index contributed by atoms with van der Waals surface area (Å²) in [5.74, 6) is 0.579. The third-order valence-corrected chi connectivity index (χ3v) is 3.18. The van der Waals surface area contributed by atoms with E-state index in [1.807, 2.05) is 6.07 Å². The van der Waals surface area contributed by atoms with Crippen molar-refractivity contribution < 1.29 is 9.84 Å². The first kappa shape index (κ1) is 10.3. The summed E-state index contributed by atoms with van der Waals surface area (Å²) in [6.07, 6.45) is 1.55. The maximum absolute atomic E-state index is 10.0. The Bertz CT molecular complexity index is 375. The molecule has 1 aromatic carbocycles. The Balaban J connectivity index is 2.56. The Morgan fingerprint density at radius 1 is 1.50 bits per heavy atom. The number of halogens is 2. The van der Waals surface area contributed by atoms with E-state index in [0.29, 0.717) is 10.8 Å². The maximum atomic E-state index is 10.0. The molecule has 1 N–H and O–H groups in total. The summed E-state index contributed by atoms with van der Waals surface area (Å²) in [5, 5.41) is 10.5. The van der Waals surface area contributed by atoms with Gasteiger partial charge < -0.3 is 9.84 Å². The lowest BCUT2D eigenvalue weighted by atomic mass is 10.1. The zero-order chi connectivity index (χ0) is 10.3. The van der Waals surface area contributed by atoms with E-state index < -0.39 is 5.60 Å². The molecule has 2 nitrogen and oxygen atoms in total. The quantitative estimate of drug-likeness (QED) is 0.900. The van der Waals surface area contributed by atoms with Crippen molar-refractivity contribution in [1.82, 2.24) is 0 Å². The van der Waals surface area contributed by atoms with Crippen molar-refractivity contribution in [2.75, 3.05) is 7.11 Å². The van der Waals surface area contributed by atoms with Gasteiger partial charge in [-0.2, -0.15) is 0 Å². The monoisotopic (exact) mass is 276 g/mol. The van der Waals surface area contributed by atoms with Crippen LogP contribution in [-0.4, -0.2) is 12.2 Å². The lowest BCUT2D eigenvalue weighted by Crippen LogP contribution is -2.07. The average molecular weight is 278 g/mol. The molecular formula is C10H10BrClO2. The Morgan fingerprint density at radius 2 is 2.14 bits per heavy atom. The molecule has 0 aliphatic heterocycles. The van der Waals surface area contributed by atoms with Gasteiger partial charge in [-0.25, -0.2) is 0 Å². The molecule has 0 saturated heterocycles. The van der Waals surface area contributed by atoms with Crippen LogP contribution in [0.25, 0.3) is 0 Å². The number of methoxy groups -OCH3 is 1. The van der Waals surface area contributed by atoms with Gasteiger partial charge in [-0.3, -0.25) is 0 Å². The molecule has 14 heavy (non-hydrogen) atoms. The fourth-order valence-electron chi connectivity index (χ4n) is 1.50. The summed E-state index contributed by atoms with van der Waals surface area (Å²) < 4.78 is 6.04. The lowest BCUT2D eigenvalue weighted by molar-refractivity contribution is 0.147. The molecule has 0 aromatic heterocycles. The summed E-state index contributed by atoms with van der Waals surface area (Å²) in [7, 11) is 1.56. The van der Waals surface area contributed by atoms with Crippen molar-refractivity contribution >= 4 is 27.5 Å². The normalized spacial score (nSPS) is 18.0. The van der Waals surface area contributed by atoms with Crippen LogP contribution in [0.1, 0.15) is 18.4 Å². The highest BCUT2D eigenvalue weighted by atomic mass is 79.9. The van der Waals surface area contributed by atoms with Crippen molar-refractivity contribution in [3.8, 4) is 5.75 Å². The summed E-state index contributed by atoms with van der Waals surface area (Å²) in [4.78, 5) is 0. The topological polar surface area (TPSA) is 29.5 Å². The molecule has 2 rings (SSSR count). The van der Waals surface area contributed by atoms with Crippen LogP contribution in [0.3, 0.4) is 0 Å². The zero-order valence-electron chi connectivity index (χ0n) is 7.68. The van der Waals surface area contributed by atoms with Gasteiger partial charge in [0, 0.05) is 10.0 Å². The second-order valence-corrected chi connectivity index (χ2v) is 4.82. The SMILES string of the molecule is COc1c(Cl)cc(Br)cc1C1(O)CC1. The standard InChI is InChI=1S/C10H10BrClO2/c1-14-9-7(10(13)2-3-10)4-6(11)5-8(9)12/h4-5,13H,2-3H2,1H3. The smallest absolute Gasteiger partial charge is 0.143 e. The first-order valence-corrected chi connectivity index (χ1v) is 5.50. The molecule has 76 valence electrons. The number of ether oxygens (including phenoxy) is 1. The summed E-state index contributed by atoms with van der Waals surface area (Å²) in [6, 6.07) is 3.62. The van der Waals surface area contributed by atoms with E-state index in [1.165, 1.54) is 0 Å².